The van der Waals surface area contributed by atoms with Crippen molar-refractivity contribution in [2.75, 3.05) is 7.11 Å². The topological polar surface area (TPSA) is 52.6 Å². The third kappa shape index (κ3) is 3.57. The summed E-state index contributed by atoms with van der Waals surface area (Å²) < 4.78 is 9.43. The summed E-state index contributed by atoms with van der Waals surface area (Å²) in [5.41, 5.74) is 0.642. The number of benzene rings is 1. The van der Waals surface area contributed by atoms with Crippen LogP contribution in [0.15, 0.2) is 30.3 Å². The van der Waals surface area contributed by atoms with Gasteiger partial charge in [0.15, 0.2) is 0 Å². The molecule has 0 aliphatic heterocycles. The van der Waals surface area contributed by atoms with E-state index < -0.39 is 11.9 Å². The Kier molecular flexibility index (Phi) is 4.27. The third-order valence-corrected chi connectivity index (χ3v) is 1.77. The summed E-state index contributed by atoms with van der Waals surface area (Å²) in [7, 11) is 1.30. The maximum Gasteiger partial charge on any atom is 0.330 e. The van der Waals surface area contributed by atoms with Gasteiger partial charge in [0.05, 0.1) is 7.11 Å². The molecule has 84 valence electrons. The highest BCUT2D eigenvalue weighted by atomic mass is 16.5. The SMILES string of the molecule is COC(=O)/C=C/c1ccccc1OC(C)=O. The van der Waals surface area contributed by atoms with E-state index in [1.807, 2.05) is 0 Å². The van der Waals surface area contributed by atoms with Crippen LogP contribution in [0.25, 0.3) is 6.08 Å². The number of esters is 2. The molecule has 0 spiro atoms. The van der Waals surface area contributed by atoms with E-state index in [4.69, 9.17) is 4.74 Å². The van der Waals surface area contributed by atoms with Crippen LogP contribution in [0.5, 0.6) is 5.75 Å². The molecule has 16 heavy (non-hydrogen) atoms. The van der Waals surface area contributed by atoms with E-state index in [1.165, 1.54) is 26.2 Å². The minimum Gasteiger partial charge on any atom is -0.466 e. The predicted molar refractivity (Wildman–Crippen MR) is 58.8 cm³/mol. The number of methoxy groups -OCH3 is 1. The Morgan fingerprint density at radius 3 is 2.56 bits per heavy atom. The van der Waals surface area contributed by atoms with E-state index in [-0.39, 0.29) is 0 Å². The molecule has 0 aromatic heterocycles. The van der Waals surface area contributed by atoms with Gasteiger partial charge in [0, 0.05) is 18.6 Å². The van der Waals surface area contributed by atoms with Crippen molar-refractivity contribution in [3.63, 3.8) is 0 Å². The van der Waals surface area contributed by atoms with E-state index in [0.717, 1.165) is 0 Å². The summed E-state index contributed by atoms with van der Waals surface area (Å²) in [5.74, 6) is -0.452. The molecule has 4 heteroatoms. The minimum absolute atomic E-state index is 0.404. The molecular formula is C12H12O4. The molecule has 0 radical (unpaired) electrons. The van der Waals surface area contributed by atoms with Crippen molar-refractivity contribution >= 4 is 18.0 Å². The zero-order valence-corrected chi connectivity index (χ0v) is 9.10. The zero-order chi connectivity index (χ0) is 12.0. The van der Waals surface area contributed by atoms with Gasteiger partial charge in [0.1, 0.15) is 5.75 Å². The highest BCUT2D eigenvalue weighted by Gasteiger charge is 2.02. The Bertz CT molecular complexity index is 421. The van der Waals surface area contributed by atoms with Crippen molar-refractivity contribution in [3.05, 3.63) is 35.9 Å². The number of rotatable bonds is 3. The molecule has 0 saturated heterocycles. The van der Waals surface area contributed by atoms with Gasteiger partial charge in [-0.25, -0.2) is 4.79 Å². The Hall–Kier alpha value is -2.10. The smallest absolute Gasteiger partial charge is 0.330 e. The van der Waals surface area contributed by atoms with Crippen LogP contribution >= 0.6 is 0 Å². The fourth-order valence-corrected chi connectivity index (χ4v) is 1.09. The summed E-state index contributed by atoms with van der Waals surface area (Å²) in [4.78, 5) is 21.7. The number of carbonyl (C=O) groups excluding carboxylic acids is 2. The van der Waals surface area contributed by atoms with Crippen molar-refractivity contribution in [2.24, 2.45) is 0 Å². The molecule has 0 bridgehead atoms. The lowest BCUT2D eigenvalue weighted by molar-refractivity contribution is -0.135. The fourth-order valence-electron chi connectivity index (χ4n) is 1.09. The Labute approximate surface area is 93.5 Å². The summed E-state index contributed by atoms with van der Waals surface area (Å²) in [6.45, 7) is 1.32. The molecule has 1 aromatic carbocycles. The van der Waals surface area contributed by atoms with Gasteiger partial charge in [-0.1, -0.05) is 18.2 Å². The molecule has 4 nitrogen and oxygen atoms in total. The lowest BCUT2D eigenvalue weighted by Gasteiger charge is -2.04. The van der Waals surface area contributed by atoms with Crippen LogP contribution in [0, 0.1) is 0 Å². The van der Waals surface area contributed by atoms with E-state index in [2.05, 4.69) is 4.74 Å². The second-order valence-electron chi connectivity index (χ2n) is 2.99. The van der Waals surface area contributed by atoms with Crippen molar-refractivity contribution in [3.8, 4) is 5.75 Å². The normalized spacial score (nSPS) is 10.1. The molecule has 1 aromatic rings. The molecule has 0 N–H and O–H groups in total. The minimum atomic E-state index is -0.461. The second-order valence-corrected chi connectivity index (χ2v) is 2.99. The van der Waals surface area contributed by atoms with Crippen molar-refractivity contribution in [2.45, 2.75) is 6.92 Å². The molecule has 0 atom stereocenters. The first-order valence-corrected chi connectivity index (χ1v) is 4.67. The maximum absolute atomic E-state index is 10.9. The van der Waals surface area contributed by atoms with Gasteiger partial charge in [-0.2, -0.15) is 0 Å². The van der Waals surface area contributed by atoms with Crippen LogP contribution in [0.4, 0.5) is 0 Å². The van der Waals surface area contributed by atoms with E-state index in [9.17, 15) is 9.59 Å². The largest absolute Gasteiger partial charge is 0.466 e. The standard InChI is InChI=1S/C12H12O4/c1-9(13)16-11-6-4-3-5-10(11)7-8-12(14)15-2/h3-8H,1-2H3/b8-7+. The quantitative estimate of drug-likeness (QED) is 0.443. The number of hydrogen-bond donors (Lipinski definition) is 0. The Morgan fingerprint density at radius 1 is 1.25 bits per heavy atom. The lowest BCUT2D eigenvalue weighted by Crippen LogP contribution is -2.02. The van der Waals surface area contributed by atoms with E-state index in [1.54, 1.807) is 24.3 Å². The molecule has 0 aliphatic rings. The van der Waals surface area contributed by atoms with Crippen LogP contribution in [0.3, 0.4) is 0 Å². The van der Waals surface area contributed by atoms with E-state index >= 15 is 0 Å². The van der Waals surface area contributed by atoms with Crippen LogP contribution in [0.1, 0.15) is 12.5 Å². The van der Waals surface area contributed by atoms with Crippen LogP contribution in [0.2, 0.25) is 0 Å². The highest BCUT2D eigenvalue weighted by Crippen LogP contribution is 2.19. The van der Waals surface area contributed by atoms with Gasteiger partial charge in [0.2, 0.25) is 0 Å². The molecule has 0 unspecified atom stereocenters. The highest BCUT2D eigenvalue weighted by molar-refractivity contribution is 5.87. The van der Waals surface area contributed by atoms with Gasteiger partial charge in [0.25, 0.3) is 0 Å². The molecule has 0 aliphatic carbocycles. The maximum atomic E-state index is 10.9. The summed E-state index contributed by atoms with van der Waals surface area (Å²) in [6, 6.07) is 6.91. The predicted octanol–water partition coefficient (Wildman–Crippen LogP) is 1.80. The average molecular weight is 220 g/mol. The number of ether oxygens (including phenoxy) is 2. The molecule has 0 heterocycles. The average Bonchev–Trinajstić information content (AvgIpc) is 2.26. The van der Waals surface area contributed by atoms with Gasteiger partial charge in [-0.05, 0) is 12.1 Å². The van der Waals surface area contributed by atoms with Crippen molar-refractivity contribution in [1.82, 2.24) is 0 Å². The van der Waals surface area contributed by atoms with Gasteiger partial charge < -0.3 is 9.47 Å². The molecule has 0 saturated carbocycles. The van der Waals surface area contributed by atoms with Crippen LogP contribution in [-0.4, -0.2) is 19.0 Å². The van der Waals surface area contributed by atoms with E-state index in [0.29, 0.717) is 11.3 Å². The van der Waals surface area contributed by atoms with Gasteiger partial charge in [-0.15, -0.1) is 0 Å². The third-order valence-electron chi connectivity index (χ3n) is 1.77. The second kappa shape index (κ2) is 5.70. The van der Waals surface area contributed by atoms with Gasteiger partial charge in [-0.3, -0.25) is 4.79 Å². The molecule has 0 amide bonds. The fraction of sp³-hybridized carbons (Fsp3) is 0.167. The monoisotopic (exact) mass is 220 g/mol. The van der Waals surface area contributed by atoms with Crippen molar-refractivity contribution in [1.29, 1.82) is 0 Å². The van der Waals surface area contributed by atoms with Gasteiger partial charge >= 0.3 is 11.9 Å². The number of hydrogen-bond acceptors (Lipinski definition) is 4. The summed E-state index contributed by atoms with van der Waals surface area (Å²) in [6.07, 6.45) is 2.80. The van der Waals surface area contributed by atoms with Crippen LogP contribution < -0.4 is 4.74 Å². The van der Waals surface area contributed by atoms with Crippen LogP contribution in [-0.2, 0) is 14.3 Å². The number of para-hydroxylation sites is 1. The summed E-state index contributed by atoms with van der Waals surface area (Å²) >= 11 is 0. The Morgan fingerprint density at radius 2 is 1.94 bits per heavy atom. The lowest BCUT2D eigenvalue weighted by atomic mass is 10.2. The molecule has 1 rings (SSSR count). The first-order valence-electron chi connectivity index (χ1n) is 4.67. The molecular weight excluding hydrogens is 208 g/mol. The first-order chi connectivity index (χ1) is 7.63. The van der Waals surface area contributed by atoms with Crippen molar-refractivity contribution < 1.29 is 19.1 Å². The zero-order valence-electron chi connectivity index (χ0n) is 9.10. The Balaban J connectivity index is 2.90. The molecule has 0 fully saturated rings. The number of carbonyl (C=O) groups is 2. The summed E-state index contributed by atoms with van der Waals surface area (Å²) in [5, 5.41) is 0. The first kappa shape index (κ1) is 12.0.